The second-order valence-corrected chi connectivity index (χ2v) is 8.37. The Morgan fingerprint density at radius 3 is 2.61 bits per heavy atom. The maximum atomic E-state index is 14.2. The first-order valence-corrected chi connectivity index (χ1v) is 10.7. The topological polar surface area (TPSA) is 84.5 Å². The fraction of sp³-hybridized carbons (Fsp3) is 0.350. The highest BCUT2D eigenvalue weighted by Crippen LogP contribution is 2.19. The number of rotatable bonds is 7. The molecule has 0 bridgehead atoms. The molecule has 150 valence electrons. The zero-order valence-electron chi connectivity index (χ0n) is 15.6. The maximum absolute atomic E-state index is 14.2. The molecule has 1 aliphatic heterocycles. The van der Waals surface area contributed by atoms with Crippen molar-refractivity contribution in [3.05, 3.63) is 59.4 Å². The van der Waals surface area contributed by atoms with Gasteiger partial charge in [-0.05, 0) is 55.2 Å². The van der Waals surface area contributed by atoms with Crippen LogP contribution in [0.15, 0.2) is 47.4 Å². The lowest BCUT2D eigenvalue weighted by molar-refractivity contribution is 0.102. The second kappa shape index (κ2) is 8.81. The first-order chi connectivity index (χ1) is 13.4. The largest absolute Gasteiger partial charge is 0.377 e. The van der Waals surface area contributed by atoms with Crippen molar-refractivity contribution in [2.24, 2.45) is 0 Å². The quantitative estimate of drug-likeness (QED) is 0.740. The SMILES string of the molecule is CCc1ccc(NC(=O)c2ccc(F)c(S(=O)(=O)NCC3CCCO3)c2)cc1. The Hall–Kier alpha value is -2.29. The van der Waals surface area contributed by atoms with E-state index in [1.165, 1.54) is 6.07 Å². The molecule has 8 heteroatoms. The van der Waals surface area contributed by atoms with Crippen molar-refractivity contribution in [1.29, 1.82) is 0 Å². The number of hydrogen-bond donors (Lipinski definition) is 2. The van der Waals surface area contributed by atoms with Crippen LogP contribution in [-0.2, 0) is 21.2 Å². The van der Waals surface area contributed by atoms with E-state index < -0.39 is 26.6 Å². The third kappa shape index (κ3) is 4.95. The molecule has 6 nitrogen and oxygen atoms in total. The standard InChI is InChI=1S/C20H23FN2O4S/c1-2-14-5-8-16(9-6-14)23-20(24)15-7-10-18(21)19(12-15)28(25,26)22-13-17-4-3-11-27-17/h5-10,12,17,22H,2-4,11,13H2,1H3,(H,23,24). The van der Waals surface area contributed by atoms with Crippen LogP contribution in [0.4, 0.5) is 10.1 Å². The van der Waals surface area contributed by atoms with Gasteiger partial charge < -0.3 is 10.1 Å². The molecule has 3 rings (SSSR count). The summed E-state index contributed by atoms with van der Waals surface area (Å²) in [6.45, 7) is 2.69. The van der Waals surface area contributed by atoms with Crippen LogP contribution < -0.4 is 10.0 Å². The van der Waals surface area contributed by atoms with Crippen molar-refractivity contribution in [2.45, 2.75) is 37.2 Å². The number of carbonyl (C=O) groups is 1. The third-order valence-electron chi connectivity index (χ3n) is 4.63. The number of nitrogens with one attached hydrogen (secondary N) is 2. The Bertz CT molecular complexity index is 939. The molecule has 1 aliphatic rings. The molecule has 0 aliphatic carbocycles. The number of ether oxygens (including phenoxy) is 1. The van der Waals surface area contributed by atoms with Gasteiger partial charge in [0.1, 0.15) is 10.7 Å². The van der Waals surface area contributed by atoms with Gasteiger partial charge in [0, 0.05) is 24.4 Å². The van der Waals surface area contributed by atoms with Crippen LogP contribution in [0.1, 0.15) is 35.7 Å². The minimum absolute atomic E-state index is 0.0541. The van der Waals surface area contributed by atoms with E-state index in [2.05, 4.69) is 10.0 Å². The summed E-state index contributed by atoms with van der Waals surface area (Å²) in [7, 11) is -4.10. The molecule has 2 aromatic rings. The van der Waals surface area contributed by atoms with Crippen LogP contribution in [-0.4, -0.2) is 33.6 Å². The van der Waals surface area contributed by atoms with Crippen molar-refractivity contribution in [3.63, 3.8) is 0 Å². The van der Waals surface area contributed by atoms with Gasteiger partial charge in [0.15, 0.2) is 0 Å². The molecule has 1 amide bonds. The average Bonchev–Trinajstić information content (AvgIpc) is 3.21. The van der Waals surface area contributed by atoms with Gasteiger partial charge in [-0.15, -0.1) is 0 Å². The molecule has 0 spiro atoms. The van der Waals surface area contributed by atoms with E-state index in [4.69, 9.17) is 4.74 Å². The summed E-state index contributed by atoms with van der Waals surface area (Å²) < 4.78 is 46.8. The lowest BCUT2D eigenvalue weighted by Crippen LogP contribution is -2.32. The number of carbonyl (C=O) groups excluding carboxylic acids is 1. The average molecular weight is 406 g/mol. The number of halogens is 1. The highest BCUT2D eigenvalue weighted by molar-refractivity contribution is 7.89. The summed E-state index contributed by atoms with van der Waals surface area (Å²) in [6, 6.07) is 10.6. The number of benzene rings is 2. The molecule has 2 aromatic carbocycles. The number of aryl methyl sites for hydroxylation is 1. The molecule has 1 saturated heterocycles. The summed E-state index contributed by atoms with van der Waals surface area (Å²) in [5, 5.41) is 2.69. The Morgan fingerprint density at radius 2 is 1.96 bits per heavy atom. The second-order valence-electron chi connectivity index (χ2n) is 6.64. The summed E-state index contributed by atoms with van der Waals surface area (Å²) in [5.41, 5.74) is 1.76. The molecule has 0 aromatic heterocycles. The van der Waals surface area contributed by atoms with Crippen LogP contribution in [0.5, 0.6) is 0 Å². The molecular weight excluding hydrogens is 383 g/mol. The van der Waals surface area contributed by atoms with Gasteiger partial charge in [-0.25, -0.2) is 17.5 Å². The van der Waals surface area contributed by atoms with Gasteiger partial charge in [0.25, 0.3) is 5.91 Å². The Labute approximate surface area is 164 Å². The molecule has 1 fully saturated rings. The molecule has 1 unspecified atom stereocenters. The monoisotopic (exact) mass is 406 g/mol. The zero-order valence-corrected chi connectivity index (χ0v) is 16.4. The predicted octanol–water partition coefficient (Wildman–Crippen LogP) is 3.10. The van der Waals surface area contributed by atoms with E-state index >= 15 is 0 Å². The first kappa shape index (κ1) is 20.4. The van der Waals surface area contributed by atoms with Crippen molar-refractivity contribution in [2.75, 3.05) is 18.5 Å². The molecule has 28 heavy (non-hydrogen) atoms. The predicted molar refractivity (Wildman–Crippen MR) is 104 cm³/mol. The zero-order chi connectivity index (χ0) is 20.1. The van der Waals surface area contributed by atoms with Crippen LogP contribution in [0.3, 0.4) is 0 Å². The van der Waals surface area contributed by atoms with Crippen LogP contribution in [0, 0.1) is 5.82 Å². The van der Waals surface area contributed by atoms with Crippen LogP contribution in [0.2, 0.25) is 0 Å². The summed E-state index contributed by atoms with van der Waals surface area (Å²) >= 11 is 0. The minimum Gasteiger partial charge on any atom is -0.377 e. The smallest absolute Gasteiger partial charge is 0.255 e. The number of hydrogen-bond acceptors (Lipinski definition) is 4. The summed E-state index contributed by atoms with van der Waals surface area (Å²) in [6.07, 6.45) is 2.29. The molecule has 1 heterocycles. The Balaban J connectivity index is 1.74. The maximum Gasteiger partial charge on any atom is 0.255 e. The third-order valence-corrected chi connectivity index (χ3v) is 6.07. The Morgan fingerprint density at radius 1 is 1.21 bits per heavy atom. The van der Waals surface area contributed by atoms with Crippen molar-refractivity contribution in [3.8, 4) is 0 Å². The first-order valence-electron chi connectivity index (χ1n) is 9.20. The fourth-order valence-corrected chi connectivity index (χ4v) is 4.13. The van der Waals surface area contributed by atoms with E-state index in [1.54, 1.807) is 12.1 Å². The van der Waals surface area contributed by atoms with E-state index in [-0.39, 0.29) is 18.2 Å². The van der Waals surface area contributed by atoms with Crippen LogP contribution >= 0.6 is 0 Å². The van der Waals surface area contributed by atoms with Crippen LogP contribution in [0.25, 0.3) is 0 Å². The lowest BCUT2D eigenvalue weighted by Gasteiger charge is -2.13. The molecular formula is C20H23FN2O4S. The van der Waals surface area contributed by atoms with Gasteiger partial charge in [-0.3, -0.25) is 4.79 Å². The summed E-state index contributed by atoms with van der Waals surface area (Å²) in [5.74, 6) is -1.43. The van der Waals surface area contributed by atoms with Gasteiger partial charge >= 0.3 is 0 Å². The van der Waals surface area contributed by atoms with Gasteiger partial charge in [-0.2, -0.15) is 0 Å². The minimum atomic E-state index is -4.10. The number of sulfonamides is 1. The van der Waals surface area contributed by atoms with E-state index in [0.29, 0.717) is 12.3 Å². The number of amides is 1. The van der Waals surface area contributed by atoms with E-state index in [9.17, 15) is 17.6 Å². The lowest BCUT2D eigenvalue weighted by atomic mass is 10.1. The number of anilines is 1. The van der Waals surface area contributed by atoms with Gasteiger partial charge in [0.2, 0.25) is 10.0 Å². The molecule has 1 atom stereocenters. The van der Waals surface area contributed by atoms with E-state index in [0.717, 1.165) is 37.0 Å². The fourth-order valence-electron chi connectivity index (χ4n) is 2.96. The van der Waals surface area contributed by atoms with Gasteiger partial charge in [-0.1, -0.05) is 19.1 Å². The molecule has 2 N–H and O–H groups in total. The van der Waals surface area contributed by atoms with Crippen molar-refractivity contribution in [1.82, 2.24) is 4.72 Å². The highest BCUT2D eigenvalue weighted by atomic mass is 32.2. The normalized spacial score (nSPS) is 16.9. The van der Waals surface area contributed by atoms with Crippen molar-refractivity contribution < 1.29 is 22.3 Å². The molecule has 0 saturated carbocycles. The van der Waals surface area contributed by atoms with E-state index in [1.807, 2.05) is 19.1 Å². The highest BCUT2D eigenvalue weighted by Gasteiger charge is 2.24. The Kier molecular flexibility index (Phi) is 6.43. The van der Waals surface area contributed by atoms with Gasteiger partial charge in [0.05, 0.1) is 6.10 Å². The summed E-state index contributed by atoms with van der Waals surface area (Å²) in [4.78, 5) is 11.9. The molecule has 0 radical (unpaired) electrons. The van der Waals surface area contributed by atoms with Crippen molar-refractivity contribution >= 4 is 21.6 Å².